The minimum atomic E-state index is -7.35. The molecule has 0 spiro atoms. The van der Waals surface area contributed by atoms with Gasteiger partial charge in [-0.2, -0.15) is 52.7 Å². The standard InChI is InChI=1S/C16H9F12NO2/c17-12(18,14(22,23)15(24,25)16(26,27)28)11-10(6-3-1-2-4-8(6)29-11)7(5-9(30)31)13(19,20)21/h1-4,7,29H,5H2,(H,30,31). The van der Waals surface area contributed by atoms with Gasteiger partial charge in [-0.3, -0.25) is 4.79 Å². The highest BCUT2D eigenvalue weighted by atomic mass is 19.4. The van der Waals surface area contributed by atoms with E-state index in [0.29, 0.717) is 6.07 Å². The van der Waals surface area contributed by atoms with E-state index in [0.717, 1.165) is 18.2 Å². The van der Waals surface area contributed by atoms with E-state index in [9.17, 15) is 57.5 Å². The van der Waals surface area contributed by atoms with Crippen LogP contribution in [-0.2, 0) is 10.7 Å². The average molecular weight is 475 g/mol. The number of para-hydroxylation sites is 1. The van der Waals surface area contributed by atoms with Crippen LogP contribution in [0.25, 0.3) is 10.9 Å². The molecule has 1 heterocycles. The first-order valence-electron chi connectivity index (χ1n) is 7.86. The molecule has 1 atom stereocenters. The summed E-state index contributed by atoms with van der Waals surface area (Å²) in [5.74, 6) is -26.8. The number of H-pyrrole nitrogens is 1. The summed E-state index contributed by atoms with van der Waals surface area (Å²) >= 11 is 0. The summed E-state index contributed by atoms with van der Waals surface area (Å²) in [6.45, 7) is 0. The second-order valence-electron chi connectivity index (χ2n) is 6.37. The van der Waals surface area contributed by atoms with Gasteiger partial charge in [0.15, 0.2) is 0 Å². The molecule has 31 heavy (non-hydrogen) atoms. The highest BCUT2D eigenvalue weighted by Crippen LogP contribution is 2.58. The molecule has 0 aliphatic heterocycles. The molecule has 3 nitrogen and oxygen atoms in total. The van der Waals surface area contributed by atoms with E-state index < -0.39 is 70.6 Å². The lowest BCUT2D eigenvalue weighted by Gasteiger charge is -2.34. The van der Waals surface area contributed by atoms with Crippen LogP contribution >= 0.6 is 0 Å². The van der Waals surface area contributed by atoms with Gasteiger partial charge in [0.25, 0.3) is 0 Å². The fraction of sp³-hybridized carbons (Fsp3) is 0.438. The molecule has 2 rings (SSSR count). The molecule has 0 amide bonds. The van der Waals surface area contributed by atoms with Gasteiger partial charge in [0.05, 0.1) is 18.0 Å². The van der Waals surface area contributed by atoms with Crippen LogP contribution in [0.4, 0.5) is 52.7 Å². The number of benzene rings is 1. The van der Waals surface area contributed by atoms with Gasteiger partial charge in [-0.15, -0.1) is 0 Å². The van der Waals surface area contributed by atoms with Gasteiger partial charge in [-0.05, 0) is 11.6 Å². The monoisotopic (exact) mass is 475 g/mol. The quantitative estimate of drug-likeness (QED) is 0.488. The van der Waals surface area contributed by atoms with Gasteiger partial charge >= 0.3 is 36.1 Å². The fourth-order valence-electron chi connectivity index (χ4n) is 2.86. The predicted octanol–water partition coefficient (Wildman–Crippen LogP) is 6.21. The second-order valence-corrected chi connectivity index (χ2v) is 6.37. The summed E-state index contributed by atoms with van der Waals surface area (Å²) < 4.78 is 160. The fourth-order valence-corrected chi connectivity index (χ4v) is 2.86. The molecule has 0 saturated carbocycles. The Morgan fingerprint density at radius 2 is 1.39 bits per heavy atom. The molecule has 1 aromatic heterocycles. The van der Waals surface area contributed by atoms with Crippen LogP contribution in [0.5, 0.6) is 0 Å². The smallest absolute Gasteiger partial charge is 0.460 e. The second kappa shape index (κ2) is 7.22. The van der Waals surface area contributed by atoms with Crippen molar-refractivity contribution in [3.05, 3.63) is 35.5 Å². The summed E-state index contributed by atoms with van der Waals surface area (Å²) in [6.07, 6.45) is -14.8. The van der Waals surface area contributed by atoms with Crippen molar-refractivity contribution in [2.45, 2.75) is 42.5 Å². The number of fused-ring (bicyclic) bond motifs is 1. The highest BCUT2D eigenvalue weighted by molar-refractivity contribution is 5.86. The minimum absolute atomic E-state index is 0.654. The first-order chi connectivity index (χ1) is 13.8. The Morgan fingerprint density at radius 1 is 0.871 bits per heavy atom. The summed E-state index contributed by atoms with van der Waals surface area (Å²) in [6, 6.07) is 3.35. The van der Waals surface area contributed by atoms with Gasteiger partial charge in [0, 0.05) is 10.9 Å². The van der Waals surface area contributed by atoms with Crippen LogP contribution in [0, 0.1) is 0 Å². The van der Waals surface area contributed by atoms with Crippen molar-refractivity contribution < 1.29 is 62.6 Å². The highest BCUT2D eigenvalue weighted by Gasteiger charge is 2.82. The summed E-state index contributed by atoms with van der Waals surface area (Å²) in [5, 5.41) is 7.78. The Bertz CT molecular complexity index is 973. The number of halogens is 12. The molecule has 0 radical (unpaired) electrons. The van der Waals surface area contributed by atoms with Crippen molar-refractivity contribution in [1.29, 1.82) is 0 Å². The molecule has 0 fully saturated rings. The third kappa shape index (κ3) is 3.89. The number of alkyl halides is 12. The Balaban J connectivity index is 2.90. The van der Waals surface area contributed by atoms with E-state index in [2.05, 4.69) is 0 Å². The number of carbonyl (C=O) groups is 1. The van der Waals surface area contributed by atoms with Crippen molar-refractivity contribution >= 4 is 16.9 Å². The molecular weight excluding hydrogens is 466 g/mol. The number of aromatic amines is 1. The van der Waals surface area contributed by atoms with E-state index in [1.165, 1.54) is 4.98 Å². The zero-order valence-electron chi connectivity index (χ0n) is 14.5. The predicted molar refractivity (Wildman–Crippen MR) is 79.2 cm³/mol. The van der Waals surface area contributed by atoms with Gasteiger partial charge in [0.2, 0.25) is 0 Å². The van der Waals surface area contributed by atoms with Crippen LogP contribution in [0.2, 0.25) is 0 Å². The zero-order valence-corrected chi connectivity index (χ0v) is 14.5. The molecule has 1 unspecified atom stereocenters. The molecule has 15 heteroatoms. The molecule has 0 aliphatic carbocycles. The number of hydrogen-bond donors (Lipinski definition) is 2. The normalized spacial score (nSPS) is 15.4. The van der Waals surface area contributed by atoms with Crippen molar-refractivity contribution in [3.8, 4) is 0 Å². The molecule has 2 aromatic rings. The molecule has 0 saturated heterocycles. The number of rotatable bonds is 6. The average Bonchev–Trinajstić information content (AvgIpc) is 2.97. The van der Waals surface area contributed by atoms with E-state index in [4.69, 9.17) is 5.11 Å². The Labute approximate surface area is 163 Å². The third-order valence-electron chi connectivity index (χ3n) is 4.33. The van der Waals surface area contributed by atoms with E-state index in [1.54, 1.807) is 0 Å². The van der Waals surface area contributed by atoms with Gasteiger partial charge in [0.1, 0.15) is 0 Å². The summed E-state index contributed by atoms with van der Waals surface area (Å²) in [7, 11) is 0. The van der Waals surface area contributed by atoms with E-state index in [1.807, 2.05) is 0 Å². The molecule has 2 N–H and O–H groups in total. The zero-order chi connectivity index (χ0) is 24.2. The molecule has 1 aromatic carbocycles. The maximum Gasteiger partial charge on any atom is 0.460 e. The lowest BCUT2D eigenvalue weighted by atomic mass is 9.88. The SMILES string of the molecule is O=C(O)CC(c1c(C(F)(F)C(F)(F)C(F)(F)C(F)(F)F)[nH]c2ccccc12)C(F)(F)F. The lowest BCUT2D eigenvalue weighted by Crippen LogP contribution is -2.59. The van der Waals surface area contributed by atoms with Gasteiger partial charge in [-0.1, -0.05) is 18.2 Å². The van der Waals surface area contributed by atoms with Gasteiger partial charge < -0.3 is 10.1 Å². The lowest BCUT2D eigenvalue weighted by molar-refractivity contribution is -0.400. The number of nitrogens with one attached hydrogen (secondary N) is 1. The Morgan fingerprint density at radius 3 is 1.84 bits per heavy atom. The van der Waals surface area contributed by atoms with Crippen LogP contribution in [-0.4, -0.2) is 40.3 Å². The van der Waals surface area contributed by atoms with E-state index in [-0.39, 0.29) is 0 Å². The largest absolute Gasteiger partial charge is 0.481 e. The van der Waals surface area contributed by atoms with Crippen molar-refractivity contribution in [1.82, 2.24) is 4.98 Å². The number of carboxylic acids is 1. The molecular formula is C16H9F12NO2. The summed E-state index contributed by atoms with van der Waals surface area (Å²) in [4.78, 5) is 12.2. The number of aromatic nitrogens is 1. The first-order valence-corrected chi connectivity index (χ1v) is 7.86. The summed E-state index contributed by atoms with van der Waals surface area (Å²) in [5.41, 5.74) is -5.24. The minimum Gasteiger partial charge on any atom is -0.481 e. The van der Waals surface area contributed by atoms with Gasteiger partial charge in [-0.25, -0.2) is 0 Å². The molecule has 0 bridgehead atoms. The van der Waals surface area contributed by atoms with Crippen LogP contribution < -0.4 is 0 Å². The third-order valence-corrected chi connectivity index (χ3v) is 4.33. The Kier molecular flexibility index (Phi) is 5.75. The molecule has 0 aliphatic rings. The Hall–Kier alpha value is -2.61. The van der Waals surface area contributed by atoms with Crippen molar-refractivity contribution in [3.63, 3.8) is 0 Å². The maximum atomic E-state index is 14.5. The van der Waals surface area contributed by atoms with Crippen LogP contribution in [0.3, 0.4) is 0 Å². The van der Waals surface area contributed by atoms with Crippen LogP contribution in [0.1, 0.15) is 23.6 Å². The molecule has 174 valence electrons. The number of aliphatic carboxylic acids is 1. The van der Waals surface area contributed by atoms with Crippen molar-refractivity contribution in [2.24, 2.45) is 0 Å². The van der Waals surface area contributed by atoms with Crippen molar-refractivity contribution in [2.75, 3.05) is 0 Å². The first kappa shape index (κ1) is 24.7. The van der Waals surface area contributed by atoms with Crippen LogP contribution in [0.15, 0.2) is 24.3 Å². The van der Waals surface area contributed by atoms with E-state index >= 15 is 0 Å². The number of carboxylic acid groups (broad SMARTS) is 1. The topological polar surface area (TPSA) is 53.1 Å². The maximum absolute atomic E-state index is 14.5. The number of hydrogen-bond acceptors (Lipinski definition) is 1.